The van der Waals surface area contributed by atoms with E-state index in [0.717, 1.165) is 24.2 Å². The molecule has 148 valence electrons. The topological polar surface area (TPSA) is 61.9 Å². The highest BCUT2D eigenvalue weighted by atomic mass is 16.5. The highest BCUT2D eigenvalue weighted by Crippen LogP contribution is 2.25. The van der Waals surface area contributed by atoms with E-state index in [0.29, 0.717) is 18.7 Å². The number of carbonyl (C=O) groups excluding carboxylic acids is 2. The van der Waals surface area contributed by atoms with Crippen molar-refractivity contribution in [1.82, 2.24) is 10.2 Å². The van der Waals surface area contributed by atoms with Gasteiger partial charge in [0.2, 0.25) is 5.91 Å². The normalized spacial score (nSPS) is 15.0. The molecular formula is C22H27N3O3. The summed E-state index contributed by atoms with van der Waals surface area (Å²) in [6.45, 7) is 1.17. The molecule has 2 aromatic carbocycles. The van der Waals surface area contributed by atoms with Crippen molar-refractivity contribution in [2.24, 2.45) is 0 Å². The first kappa shape index (κ1) is 19.9. The molecule has 0 aliphatic carbocycles. The Morgan fingerprint density at radius 2 is 1.96 bits per heavy atom. The Kier molecular flexibility index (Phi) is 6.66. The first-order valence-corrected chi connectivity index (χ1v) is 9.56. The molecular weight excluding hydrogens is 354 g/mol. The molecule has 3 rings (SSSR count). The third-order valence-corrected chi connectivity index (χ3v) is 4.87. The molecule has 1 heterocycles. The summed E-state index contributed by atoms with van der Waals surface area (Å²) in [6.07, 6.45) is 1.46. The van der Waals surface area contributed by atoms with E-state index in [1.807, 2.05) is 50.5 Å². The number of hydrogen-bond acceptors (Lipinski definition) is 4. The fourth-order valence-corrected chi connectivity index (χ4v) is 3.35. The third kappa shape index (κ3) is 5.10. The van der Waals surface area contributed by atoms with Crippen LogP contribution in [0.4, 0.5) is 5.69 Å². The molecule has 28 heavy (non-hydrogen) atoms. The van der Waals surface area contributed by atoms with Gasteiger partial charge in [-0.1, -0.05) is 36.4 Å². The molecule has 1 atom stereocenters. The number of likely N-dealkylation sites (N-methyl/N-ethyl adjacent to an activating group) is 1. The van der Waals surface area contributed by atoms with Crippen LogP contribution in [0.15, 0.2) is 54.6 Å². The van der Waals surface area contributed by atoms with Crippen LogP contribution in [0.3, 0.4) is 0 Å². The van der Waals surface area contributed by atoms with E-state index < -0.39 is 0 Å². The van der Waals surface area contributed by atoms with Crippen molar-refractivity contribution in [3.63, 3.8) is 0 Å². The summed E-state index contributed by atoms with van der Waals surface area (Å²) in [6, 6.07) is 17.5. The largest absolute Gasteiger partial charge is 0.484 e. The molecule has 1 saturated heterocycles. The number of nitrogens with zero attached hydrogens (tertiary/aromatic N) is 2. The molecule has 1 aliphatic heterocycles. The number of carbonyl (C=O) groups is 2. The SMILES string of the molecule is CN(C)[C@@H](CNC(=O)COc1cccc(N2CCCC2=O)c1)c1ccccc1. The average Bonchev–Trinajstić information content (AvgIpc) is 3.13. The van der Waals surface area contributed by atoms with E-state index in [4.69, 9.17) is 4.74 Å². The Hall–Kier alpha value is -2.86. The van der Waals surface area contributed by atoms with Crippen molar-refractivity contribution in [1.29, 1.82) is 0 Å². The van der Waals surface area contributed by atoms with Crippen LogP contribution in [0.5, 0.6) is 5.75 Å². The van der Waals surface area contributed by atoms with Gasteiger partial charge < -0.3 is 19.9 Å². The lowest BCUT2D eigenvalue weighted by atomic mass is 10.1. The zero-order valence-electron chi connectivity index (χ0n) is 16.4. The molecule has 0 aromatic heterocycles. The van der Waals surface area contributed by atoms with Crippen LogP contribution >= 0.6 is 0 Å². The van der Waals surface area contributed by atoms with Gasteiger partial charge in [0.15, 0.2) is 6.61 Å². The predicted molar refractivity (Wildman–Crippen MR) is 109 cm³/mol. The van der Waals surface area contributed by atoms with E-state index in [1.165, 1.54) is 0 Å². The van der Waals surface area contributed by atoms with E-state index in [2.05, 4.69) is 22.3 Å². The monoisotopic (exact) mass is 381 g/mol. The van der Waals surface area contributed by atoms with Crippen LogP contribution in [-0.2, 0) is 9.59 Å². The molecule has 0 unspecified atom stereocenters. The van der Waals surface area contributed by atoms with E-state index in [-0.39, 0.29) is 24.5 Å². The van der Waals surface area contributed by atoms with Gasteiger partial charge in [0.05, 0.1) is 6.04 Å². The Morgan fingerprint density at radius 1 is 1.18 bits per heavy atom. The molecule has 6 nitrogen and oxygen atoms in total. The Labute approximate surface area is 166 Å². The fraction of sp³-hybridized carbons (Fsp3) is 0.364. The molecule has 2 aromatic rings. The predicted octanol–water partition coefficient (Wildman–Crippen LogP) is 2.61. The molecule has 1 fully saturated rings. The van der Waals surface area contributed by atoms with Crippen molar-refractivity contribution in [2.75, 3.05) is 38.7 Å². The second-order valence-corrected chi connectivity index (χ2v) is 7.13. The average molecular weight is 381 g/mol. The van der Waals surface area contributed by atoms with Crippen LogP contribution in [0.1, 0.15) is 24.4 Å². The van der Waals surface area contributed by atoms with Crippen LogP contribution < -0.4 is 15.0 Å². The van der Waals surface area contributed by atoms with E-state index in [9.17, 15) is 9.59 Å². The zero-order valence-corrected chi connectivity index (χ0v) is 16.4. The van der Waals surface area contributed by atoms with Gasteiger partial charge in [0, 0.05) is 31.3 Å². The van der Waals surface area contributed by atoms with Crippen molar-refractivity contribution in [2.45, 2.75) is 18.9 Å². The number of nitrogens with one attached hydrogen (secondary N) is 1. The lowest BCUT2D eigenvalue weighted by molar-refractivity contribution is -0.123. The van der Waals surface area contributed by atoms with E-state index >= 15 is 0 Å². The Bertz CT molecular complexity index is 808. The van der Waals surface area contributed by atoms with Crippen molar-refractivity contribution in [3.8, 4) is 5.75 Å². The highest BCUT2D eigenvalue weighted by molar-refractivity contribution is 5.95. The molecule has 0 spiro atoms. The lowest BCUT2D eigenvalue weighted by Gasteiger charge is -2.25. The standard InChI is InChI=1S/C22H27N3O3/c1-24(2)20(17-8-4-3-5-9-17)15-23-21(26)16-28-19-11-6-10-18(14-19)25-13-7-12-22(25)27/h3-6,8-11,14,20H,7,12-13,15-16H2,1-2H3,(H,23,26)/t20-/m0/s1. The minimum Gasteiger partial charge on any atom is -0.484 e. The van der Waals surface area contributed by atoms with Gasteiger partial charge in [-0.15, -0.1) is 0 Å². The zero-order chi connectivity index (χ0) is 19.9. The van der Waals surface area contributed by atoms with Crippen LogP contribution in [-0.4, -0.2) is 50.5 Å². The minimum absolute atomic E-state index is 0.0632. The Balaban J connectivity index is 1.52. The second-order valence-electron chi connectivity index (χ2n) is 7.13. The maximum atomic E-state index is 12.2. The maximum Gasteiger partial charge on any atom is 0.258 e. The first-order valence-electron chi connectivity index (χ1n) is 9.56. The van der Waals surface area contributed by atoms with Gasteiger partial charge >= 0.3 is 0 Å². The van der Waals surface area contributed by atoms with Crippen LogP contribution in [0.2, 0.25) is 0 Å². The minimum atomic E-state index is -0.176. The van der Waals surface area contributed by atoms with Gasteiger partial charge in [-0.3, -0.25) is 9.59 Å². The quantitative estimate of drug-likeness (QED) is 0.764. The molecule has 0 radical (unpaired) electrons. The Morgan fingerprint density at radius 3 is 2.64 bits per heavy atom. The van der Waals surface area contributed by atoms with Gasteiger partial charge in [-0.05, 0) is 38.2 Å². The summed E-state index contributed by atoms with van der Waals surface area (Å²) in [7, 11) is 3.98. The maximum absolute atomic E-state index is 12.2. The number of benzene rings is 2. The molecule has 1 aliphatic rings. The molecule has 6 heteroatoms. The third-order valence-electron chi connectivity index (χ3n) is 4.87. The highest BCUT2D eigenvalue weighted by Gasteiger charge is 2.22. The fourth-order valence-electron chi connectivity index (χ4n) is 3.35. The molecule has 2 amide bonds. The summed E-state index contributed by atoms with van der Waals surface area (Å²) in [5, 5.41) is 2.94. The van der Waals surface area contributed by atoms with Gasteiger partial charge in [-0.2, -0.15) is 0 Å². The summed E-state index contributed by atoms with van der Waals surface area (Å²) < 4.78 is 5.64. The first-order chi connectivity index (χ1) is 13.5. The van der Waals surface area contributed by atoms with Crippen molar-refractivity contribution < 1.29 is 14.3 Å². The number of anilines is 1. The summed E-state index contributed by atoms with van der Waals surface area (Å²) >= 11 is 0. The van der Waals surface area contributed by atoms with Crippen molar-refractivity contribution in [3.05, 3.63) is 60.2 Å². The van der Waals surface area contributed by atoms with E-state index in [1.54, 1.807) is 11.0 Å². The summed E-state index contributed by atoms with van der Waals surface area (Å²) in [5.41, 5.74) is 1.97. The molecule has 1 N–H and O–H groups in total. The second kappa shape index (κ2) is 9.37. The van der Waals surface area contributed by atoms with Crippen LogP contribution in [0.25, 0.3) is 0 Å². The van der Waals surface area contributed by atoms with Gasteiger partial charge in [0.25, 0.3) is 5.91 Å². The molecule has 0 saturated carbocycles. The number of amides is 2. The van der Waals surface area contributed by atoms with Gasteiger partial charge in [0.1, 0.15) is 5.75 Å². The lowest BCUT2D eigenvalue weighted by Crippen LogP contribution is -2.36. The van der Waals surface area contributed by atoms with Crippen molar-refractivity contribution >= 4 is 17.5 Å². The smallest absolute Gasteiger partial charge is 0.258 e. The molecule has 0 bridgehead atoms. The number of rotatable bonds is 8. The number of ether oxygens (including phenoxy) is 1. The van der Waals surface area contributed by atoms with Gasteiger partial charge in [-0.25, -0.2) is 0 Å². The summed E-state index contributed by atoms with van der Waals surface area (Å²) in [5.74, 6) is 0.538. The number of hydrogen-bond donors (Lipinski definition) is 1. The summed E-state index contributed by atoms with van der Waals surface area (Å²) in [4.78, 5) is 28.0. The van der Waals surface area contributed by atoms with Crippen LogP contribution in [0, 0.1) is 0 Å².